The van der Waals surface area contributed by atoms with E-state index >= 15 is 0 Å². The first kappa shape index (κ1) is 15.4. The summed E-state index contributed by atoms with van der Waals surface area (Å²) >= 11 is 5.76. The Morgan fingerprint density at radius 1 is 1.10 bits per heavy atom. The quantitative estimate of drug-likeness (QED) is 0.795. The van der Waals surface area contributed by atoms with Gasteiger partial charge in [-0.15, -0.1) is 0 Å². The zero-order valence-electron chi connectivity index (χ0n) is 11.6. The highest BCUT2D eigenvalue weighted by Gasteiger charge is 2.15. The van der Waals surface area contributed by atoms with E-state index in [2.05, 4.69) is 19.2 Å². The van der Waals surface area contributed by atoms with E-state index < -0.39 is 17.5 Å². The summed E-state index contributed by atoms with van der Waals surface area (Å²) in [5, 5.41) is 2.47. The third-order valence-electron chi connectivity index (χ3n) is 3.09. The Kier molecular flexibility index (Phi) is 4.58. The number of hydrogen-bond donors (Lipinski definition) is 1. The summed E-state index contributed by atoms with van der Waals surface area (Å²) in [6, 6.07) is 8.87. The number of halogens is 3. The Balaban J connectivity index is 2.20. The van der Waals surface area contributed by atoms with Gasteiger partial charge in [-0.1, -0.05) is 37.6 Å². The fourth-order valence-electron chi connectivity index (χ4n) is 1.85. The van der Waals surface area contributed by atoms with Crippen LogP contribution in [0.3, 0.4) is 0 Å². The van der Waals surface area contributed by atoms with Crippen LogP contribution in [0.1, 0.15) is 35.7 Å². The summed E-state index contributed by atoms with van der Waals surface area (Å²) in [4.78, 5) is 12.0. The normalized spacial score (nSPS) is 10.8. The third-order valence-corrected chi connectivity index (χ3v) is 3.40. The molecule has 0 aliphatic heterocycles. The number of benzene rings is 2. The maximum atomic E-state index is 13.2. The SMILES string of the molecule is CC(C)c1ccc(NC(=O)c2cc(F)c(F)cc2Cl)cc1. The number of carbonyl (C=O) groups is 1. The van der Waals surface area contributed by atoms with E-state index in [1.807, 2.05) is 12.1 Å². The molecule has 0 radical (unpaired) electrons. The molecule has 2 aromatic carbocycles. The molecular weight excluding hydrogens is 296 g/mol. The highest BCUT2D eigenvalue weighted by Crippen LogP contribution is 2.22. The number of amides is 1. The molecule has 0 aliphatic rings. The van der Waals surface area contributed by atoms with Crippen molar-refractivity contribution in [3.8, 4) is 0 Å². The van der Waals surface area contributed by atoms with E-state index in [-0.39, 0.29) is 10.6 Å². The largest absolute Gasteiger partial charge is 0.322 e. The molecule has 5 heteroatoms. The molecular formula is C16H14ClF2NO. The fourth-order valence-corrected chi connectivity index (χ4v) is 2.08. The van der Waals surface area contributed by atoms with Crippen LogP contribution in [0.2, 0.25) is 5.02 Å². The van der Waals surface area contributed by atoms with Crippen molar-refractivity contribution < 1.29 is 13.6 Å². The van der Waals surface area contributed by atoms with Gasteiger partial charge in [0, 0.05) is 5.69 Å². The first-order chi connectivity index (χ1) is 9.88. The number of anilines is 1. The Labute approximate surface area is 126 Å². The van der Waals surface area contributed by atoms with Crippen molar-refractivity contribution in [2.24, 2.45) is 0 Å². The van der Waals surface area contributed by atoms with Crippen LogP contribution in [0.5, 0.6) is 0 Å². The standard InChI is InChI=1S/C16H14ClF2NO/c1-9(2)10-3-5-11(6-4-10)20-16(21)12-7-14(18)15(19)8-13(12)17/h3-9H,1-2H3,(H,20,21). The van der Waals surface area contributed by atoms with Gasteiger partial charge in [0.15, 0.2) is 11.6 Å². The van der Waals surface area contributed by atoms with Crippen LogP contribution >= 0.6 is 11.6 Å². The van der Waals surface area contributed by atoms with Crippen molar-refractivity contribution in [3.63, 3.8) is 0 Å². The Bertz CT molecular complexity index is 669. The molecule has 2 aromatic rings. The summed E-state index contributed by atoms with van der Waals surface area (Å²) in [5.74, 6) is -2.40. The maximum Gasteiger partial charge on any atom is 0.257 e. The Hall–Kier alpha value is -1.94. The van der Waals surface area contributed by atoms with Gasteiger partial charge in [-0.25, -0.2) is 8.78 Å². The molecule has 0 atom stereocenters. The molecule has 0 fully saturated rings. The van der Waals surface area contributed by atoms with Gasteiger partial charge in [0.1, 0.15) is 0 Å². The van der Waals surface area contributed by atoms with Crippen LogP contribution in [-0.2, 0) is 0 Å². The average Bonchev–Trinajstić information content (AvgIpc) is 2.43. The molecule has 0 bridgehead atoms. The van der Waals surface area contributed by atoms with Crippen molar-refractivity contribution in [3.05, 3.63) is 64.2 Å². The molecule has 21 heavy (non-hydrogen) atoms. The van der Waals surface area contributed by atoms with E-state index in [9.17, 15) is 13.6 Å². The highest BCUT2D eigenvalue weighted by molar-refractivity contribution is 6.34. The van der Waals surface area contributed by atoms with Crippen LogP contribution in [-0.4, -0.2) is 5.91 Å². The smallest absolute Gasteiger partial charge is 0.257 e. The van der Waals surface area contributed by atoms with Crippen molar-refractivity contribution in [2.45, 2.75) is 19.8 Å². The molecule has 110 valence electrons. The molecule has 2 rings (SSSR count). The molecule has 0 aliphatic carbocycles. The minimum Gasteiger partial charge on any atom is -0.322 e. The van der Waals surface area contributed by atoms with Gasteiger partial charge < -0.3 is 5.32 Å². The van der Waals surface area contributed by atoms with Crippen molar-refractivity contribution >= 4 is 23.2 Å². The summed E-state index contributed by atoms with van der Waals surface area (Å²) in [6.07, 6.45) is 0. The third kappa shape index (κ3) is 3.58. The van der Waals surface area contributed by atoms with Crippen LogP contribution in [0.25, 0.3) is 0 Å². The molecule has 0 heterocycles. The number of rotatable bonds is 3. The van der Waals surface area contributed by atoms with Crippen LogP contribution in [0.4, 0.5) is 14.5 Å². The predicted molar refractivity (Wildman–Crippen MR) is 79.9 cm³/mol. The first-order valence-corrected chi connectivity index (χ1v) is 6.82. The molecule has 0 saturated carbocycles. The minimum absolute atomic E-state index is 0.108. The fraction of sp³-hybridized carbons (Fsp3) is 0.188. The monoisotopic (exact) mass is 309 g/mol. The van der Waals surface area contributed by atoms with Gasteiger partial charge in [0.2, 0.25) is 0 Å². The van der Waals surface area contributed by atoms with Gasteiger partial charge in [0.05, 0.1) is 10.6 Å². The summed E-state index contributed by atoms with van der Waals surface area (Å²) in [7, 11) is 0. The molecule has 0 aromatic heterocycles. The Morgan fingerprint density at radius 2 is 1.67 bits per heavy atom. The van der Waals surface area contributed by atoms with Gasteiger partial charge in [0.25, 0.3) is 5.91 Å². The molecule has 0 unspecified atom stereocenters. The summed E-state index contributed by atoms with van der Waals surface area (Å²) < 4.78 is 26.2. The molecule has 1 N–H and O–H groups in total. The van der Waals surface area contributed by atoms with E-state index in [0.29, 0.717) is 11.6 Å². The maximum absolute atomic E-state index is 13.2. The lowest BCUT2D eigenvalue weighted by Crippen LogP contribution is -2.13. The van der Waals surface area contributed by atoms with Crippen molar-refractivity contribution in [1.82, 2.24) is 0 Å². The van der Waals surface area contributed by atoms with E-state index in [4.69, 9.17) is 11.6 Å². The average molecular weight is 310 g/mol. The van der Waals surface area contributed by atoms with Crippen molar-refractivity contribution in [1.29, 1.82) is 0 Å². The van der Waals surface area contributed by atoms with Gasteiger partial charge in [-0.2, -0.15) is 0 Å². The number of carbonyl (C=O) groups excluding carboxylic acids is 1. The second-order valence-electron chi connectivity index (χ2n) is 4.98. The second-order valence-corrected chi connectivity index (χ2v) is 5.38. The van der Waals surface area contributed by atoms with Gasteiger partial charge >= 0.3 is 0 Å². The van der Waals surface area contributed by atoms with Gasteiger partial charge in [-0.05, 0) is 35.7 Å². The topological polar surface area (TPSA) is 29.1 Å². The summed E-state index contributed by atoms with van der Waals surface area (Å²) in [6.45, 7) is 4.13. The zero-order chi connectivity index (χ0) is 15.6. The second kappa shape index (κ2) is 6.22. The highest BCUT2D eigenvalue weighted by atomic mass is 35.5. The van der Waals surface area contributed by atoms with E-state index in [0.717, 1.165) is 17.7 Å². The molecule has 1 amide bonds. The lowest BCUT2D eigenvalue weighted by Gasteiger charge is -2.09. The van der Waals surface area contributed by atoms with Crippen LogP contribution in [0.15, 0.2) is 36.4 Å². The number of hydrogen-bond acceptors (Lipinski definition) is 1. The molecule has 2 nitrogen and oxygen atoms in total. The van der Waals surface area contributed by atoms with Crippen LogP contribution < -0.4 is 5.32 Å². The lowest BCUT2D eigenvalue weighted by atomic mass is 10.0. The van der Waals surface area contributed by atoms with Crippen LogP contribution in [0, 0.1) is 11.6 Å². The van der Waals surface area contributed by atoms with Crippen molar-refractivity contribution in [2.75, 3.05) is 5.32 Å². The number of nitrogens with one attached hydrogen (secondary N) is 1. The summed E-state index contributed by atoms with van der Waals surface area (Å²) in [5.41, 5.74) is 1.59. The van der Waals surface area contributed by atoms with Gasteiger partial charge in [-0.3, -0.25) is 4.79 Å². The Morgan fingerprint density at radius 3 is 2.24 bits per heavy atom. The molecule has 0 spiro atoms. The molecule has 0 saturated heterocycles. The first-order valence-electron chi connectivity index (χ1n) is 6.44. The minimum atomic E-state index is -1.11. The van der Waals surface area contributed by atoms with E-state index in [1.54, 1.807) is 12.1 Å². The lowest BCUT2D eigenvalue weighted by molar-refractivity contribution is 0.102. The predicted octanol–water partition coefficient (Wildman–Crippen LogP) is 4.99. The van der Waals surface area contributed by atoms with E-state index in [1.165, 1.54) is 0 Å². The zero-order valence-corrected chi connectivity index (χ0v) is 12.3.